The van der Waals surface area contributed by atoms with E-state index in [0.717, 1.165) is 10.8 Å². The molecule has 0 amide bonds. The lowest BCUT2D eigenvalue weighted by molar-refractivity contribution is 0.237. The van der Waals surface area contributed by atoms with Crippen molar-refractivity contribution < 1.29 is 5.21 Å². The Morgan fingerprint density at radius 1 is 1.29 bits per heavy atom. The Hall–Kier alpha value is -1.52. The Morgan fingerprint density at radius 3 is 2.71 bits per heavy atom. The van der Waals surface area contributed by atoms with Gasteiger partial charge in [0.1, 0.15) is 10.7 Å². The fourth-order valence-corrected chi connectivity index (χ4v) is 1.38. The number of hydrogen-bond donors (Lipinski definition) is 2. The summed E-state index contributed by atoms with van der Waals surface area (Å²) in [6.45, 7) is 0. The third kappa shape index (κ3) is 1.57. The first-order valence-corrected chi connectivity index (χ1v) is 4.51. The van der Waals surface area contributed by atoms with Gasteiger partial charge in [-0.2, -0.15) is 0 Å². The standard InChI is InChI=1S/C10H8N2OS/c13-12-10(14)9-5-7-3-1-2-4-8(7)6-11-9/h1-6,13H,(H,12,14). The molecule has 0 aliphatic carbocycles. The molecule has 0 radical (unpaired) electrons. The van der Waals surface area contributed by atoms with Crippen molar-refractivity contribution >= 4 is 28.0 Å². The van der Waals surface area contributed by atoms with Crippen LogP contribution < -0.4 is 5.48 Å². The molecule has 0 bridgehead atoms. The summed E-state index contributed by atoms with van der Waals surface area (Å²) in [5.74, 6) is 0. The van der Waals surface area contributed by atoms with Crippen molar-refractivity contribution in [2.75, 3.05) is 0 Å². The van der Waals surface area contributed by atoms with Gasteiger partial charge >= 0.3 is 0 Å². The Balaban J connectivity index is 2.56. The highest BCUT2D eigenvalue weighted by Gasteiger charge is 2.01. The average molecular weight is 204 g/mol. The second-order valence-corrected chi connectivity index (χ2v) is 3.27. The molecule has 0 atom stereocenters. The Labute approximate surface area is 86.4 Å². The van der Waals surface area contributed by atoms with Gasteiger partial charge in [0.2, 0.25) is 0 Å². The van der Waals surface area contributed by atoms with Gasteiger partial charge in [-0.3, -0.25) is 15.7 Å². The van der Waals surface area contributed by atoms with E-state index in [-0.39, 0.29) is 4.99 Å². The molecule has 1 aromatic heterocycles. The quantitative estimate of drug-likeness (QED) is 0.550. The number of rotatable bonds is 1. The summed E-state index contributed by atoms with van der Waals surface area (Å²) in [4.78, 5) is 4.35. The smallest absolute Gasteiger partial charge is 0.149 e. The number of hydrogen-bond acceptors (Lipinski definition) is 3. The minimum Gasteiger partial charge on any atom is -0.290 e. The van der Waals surface area contributed by atoms with Crippen LogP contribution in [0, 0.1) is 0 Å². The van der Waals surface area contributed by atoms with Gasteiger partial charge in [-0.1, -0.05) is 36.5 Å². The Kier molecular flexibility index (Phi) is 2.39. The topological polar surface area (TPSA) is 45.1 Å². The van der Waals surface area contributed by atoms with Crippen LogP contribution in [0.2, 0.25) is 0 Å². The van der Waals surface area contributed by atoms with Gasteiger partial charge in [0.05, 0.1) is 0 Å². The predicted molar refractivity (Wildman–Crippen MR) is 58.4 cm³/mol. The maximum atomic E-state index is 8.63. The molecule has 0 aliphatic heterocycles. The zero-order chi connectivity index (χ0) is 9.97. The number of thiocarbonyl (C=S) groups is 1. The van der Waals surface area contributed by atoms with Crippen LogP contribution in [0.3, 0.4) is 0 Å². The van der Waals surface area contributed by atoms with Gasteiger partial charge in [-0.25, -0.2) is 0 Å². The van der Waals surface area contributed by atoms with Gasteiger partial charge in [0, 0.05) is 11.6 Å². The zero-order valence-corrected chi connectivity index (χ0v) is 8.08. The molecule has 2 N–H and O–H groups in total. The van der Waals surface area contributed by atoms with E-state index in [0.29, 0.717) is 5.69 Å². The highest BCUT2D eigenvalue weighted by atomic mass is 32.1. The van der Waals surface area contributed by atoms with Crippen molar-refractivity contribution in [3.8, 4) is 0 Å². The Morgan fingerprint density at radius 2 is 2.00 bits per heavy atom. The highest BCUT2D eigenvalue weighted by molar-refractivity contribution is 7.80. The molecule has 0 unspecified atom stereocenters. The van der Waals surface area contributed by atoms with Crippen molar-refractivity contribution in [1.29, 1.82) is 0 Å². The molecular formula is C10H8N2OS. The van der Waals surface area contributed by atoms with Crippen LogP contribution in [0.5, 0.6) is 0 Å². The molecule has 0 aliphatic rings. The predicted octanol–water partition coefficient (Wildman–Crippen LogP) is 1.89. The van der Waals surface area contributed by atoms with E-state index in [1.54, 1.807) is 6.20 Å². The number of aromatic nitrogens is 1. The zero-order valence-electron chi connectivity index (χ0n) is 7.27. The highest BCUT2D eigenvalue weighted by Crippen LogP contribution is 2.13. The first-order chi connectivity index (χ1) is 6.81. The molecule has 2 rings (SSSR count). The van der Waals surface area contributed by atoms with E-state index in [1.807, 2.05) is 35.8 Å². The first-order valence-electron chi connectivity index (χ1n) is 4.10. The monoisotopic (exact) mass is 204 g/mol. The minimum atomic E-state index is 0.232. The van der Waals surface area contributed by atoms with Gasteiger partial charge in [-0.15, -0.1) is 0 Å². The summed E-state index contributed by atoms with van der Waals surface area (Å²) in [7, 11) is 0. The fraction of sp³-hybridized carbons (Fsp3) is 0. The average Bonchev–Trinajstić information content (AvgIpc) is 2.27. The molecular weight excluding hydrogens is 196 g/mol. The summed E-state index contributed by atoms with van der Waals surface area (Å²) in [6.07, 6.45) is 1.73. The summed E-state index contributed by atoms with van der Waals surface area (Å²) in [5.41, 5.74) is 2.49. The van der Waals surface area contributed by atoms with Crippen LogP contribution in [-0.4, -0.2) is 15.2 Å². The third-order valence-corrected chi connectivity index (χ3v) is 2.27. The largest absolute Gasteiger partial charge is 0.290 e. The second kappa shape index (κ2) is 3.69. The SMILES string of the molecule is ONC(=S)c1cc2ccccc2cn1. The van der Waals surface area contributed by atoms with Crippen LogP contribution in [0.15, 0.2) is 36.5 Å². The normalized spacial score (nSPS) is 10.1. The van der Waals surface area contributed by atoms with E-state index in [4.69, 9.17) is 17.4 Å². The number of fused-ring (bicyclic) bond motifs is 1. The molecule has 0 spiro atoms. The molecule has 70 valence electrons. The van der Waals surface area contributed by atoms with Crippen LogP contribution in [0.1, 0.15) is 5.69 Å². The minimum absolute atomic E-state index is 0.232. The summed E-state index contributed by atoms with van der Waals surface area (Å²) in [5, 5.41) is 10.7. The summed E-state index contributed by atoms with van der Waals surface area (Å²) in [6, 6.07) is 9.68. The molecule has 3 nitrogen and oxygen atoms in total. The van der Waals surface area contributed by atoms with Crippen LogP contribution in [-0.2, 0) is 0 Å². The van der Waals surface area contributed by atoms with Crippen LogP contribution in [0.4, 0.5) is 0 Å². The number of nitrogens with one attached hydrogen (secondary N) is 1. The van der Waals surface area contributed by atoms with Crippen LogP contribution in [0.25, 0.3) is 10.8 Å². The maximum Gasteiger partial charge on any atom is 0.149 e. The number of hydroxylamine groups is 1. The molecule has 2 aromatic rings. The lowest BCUT2D eigenvalue weighted by atomic mass is 10.1. The summed E-state index contributed by atoms with van der Waals surface area (Å²) >= 11 is 4.86. The lowest BCUT2D eigenvalue weighted by Crippen LogP contribution is -2.18. The van der Waals surface area contributed by atoms with E-state index in [9.17, 15) is 0 Å². The molecule has 0 saturated carbocycles. The molecule has 14 heavy (non-hydrogen) atoms. The number of benzene rings is 1. The lowest BCUT2D eigenvalue weighted by Gasteiger charge is -2.02. The van der Waals surface area contributed by atoms with E-state index in [1.165, 1.54) is 0 Å². The maximum absolute atomic E-state index is 8.63. The van der Waals surface area contributed by atoms with Gasteiger partial charge in [0.15, 0.2) is 0 Å². The van der Waals surface area contributed by atoms with Crippen molar-refractivity contribution in [2.24, 2.45) is 0 Å². The van der Waals surface area contributed by atoms with Crippen molar-refractivity contribution in [3.63, 3.8) is 0 Å². The fourth-order valence-electron chi connectivity index (χ4n) is 1.27. The van der Waals surface area contributed by atoms with Gasteiger partial charge in [0.25, 0.3) is 0 Å². The van der Waals surface area contributed by atoms with Crippen molar-refractivity contribution in [3.05, 3.63) is 42.2 Å². The molecule has 0 saturated heterocycles. The van der Waals surface area contributed by atoms with Crippen molar-refractivity contribution in [1.82, 2.24) is 10.5 Å². The molecule has 4 heteroatoms. The third-order valence-electron chi connectivity index (χ3n) is 1.97. The molecule has 1 aromatic carbocycles. The molecule has 1 heterocycles. The van der Waals surface area contributed by atoms with E-state index < -0.39 is 0 Å². The van der Waals surface area contributed by atoms with E-state index in [2.05, 4.69) is 4.98 Å². The van der Waals surface area contributed by atoms with Gasteiger partial charge < -0.3 is 0 Å². The number of pyridine rings is 1. The number of nitrogens with zero attached hydrogens (tertiary/aromatic N) is 1. The van der Waals surface area contributed by atoms with E-state index >= 15 is 0 Å². The summed E-state index contributed by atoms with van der Waals surface area (Å²) < 4.78 is 0. The first kappa shape index (κ1) is 9.05. The van der Waals surface area contributed by atoms with Crippen molar-refractivity contribution in [2.45, 2.75) is 0 Å². The van der Waals surface area contributed by atoms with Gasteiger partial charge in [-0.05, 0) is 11.5 Å². The Bertz CT molecular complexity index is 484. The second-order valence-electron chi connectivity index (χ2n) is 2.86. The molecule has 0 fully saturated rings. The van der Waals surface area contributed by atoms with Crippen LogP contribution >= 0.6 is 12.2 Å².